The average Bonchev–Trinajstić information content (AvgIpc) is 3.61. The number of carboxylic acid groups (broad SMARTS) is 1. The van der Waals surface area contributed by atoms with Crippen LogP contribution in [0.25, 0.3) is 22.3 Å². The van der Waals surface area contributed by atoms with Crippen molar-refractivity contribution in [2.45, 2.75) is 95.0 Å². The van der Waals surface area contributed by atoms with Gasteiger partial charge in [-0.15, -0.1) is 0 Å². The zero-order valence-electron chi connectivity index (χ0n) is 29.2. The number of aromatic nitrogens is 2. The number of hydrogen-bond acceptors (Lipinski definition) is 7. The number of nitrogens with zero attached hydrogens (tertiary/aromatic N) is 3. The molecule has 2 aromatic carbocycles. The topological polar surface area (TPSA) is 160 Å². The quantitative estimate of drug-likeness (QED) is 0.311. The zero-order valence-corrected chi connectivity index (χ0v) is 29.2. The Bertz CT molecular complexity index is 1870. The standard InChI is InChI=1S/C39H45N5O7/c1-38(2,3)51-37(50)41-30-20-14-6-4-5-13-19-27-22-39(27,36(48)49)42-33(45)31-21-28(24-43(31)34(30)46)44-35(47)32(26-17-11-8-12-18-26)29(23-40-44)25-15-9-7-10-16-25/h7-13,15-19,23,27-28,30-31H,4-6,14,20-22,24H2,1-3H3,(H,41,50)(H,42,45)(H,48,49)/b19-13-/t27-,28-,30+,31+,39-/m1/s1. The Labute approximate surface area is 296 Å². The third-order valence-corrected chi connectivity index (χ3v) is 9.82. The van der Waals surface area contributed by atoms with Crippen LogP contribution in [0.1, 0.15) is 71.8 Å². The second-order valence-electron chi connectivity index (χ2n) is 14.7. The van der Waals surface area contributed by atoms with Crippen molar-refractivity contribution in [2.75, 3.05) is 6.54 Å². The molecule has 3 N–H and O–H groups in total. The fourth-order valence-electron chi connectivity index (χ4n) is 7.15. The number of fused-ring (bicyclic) bond motifs is 2. The van der Waals surface area contributed by atoms with Crippen molar-refractivity contribution < 1.29 is 29.0 Å². The van der Waals surface area contributed by atoms with Gasteiger partial charge >= 0.3 is 12.1 Å². The van der Waals surface area contributed by atoms with Gasteiger partial charge in [-0.3, -0.25) is 14.4 Å². The Morgan fingerprint density at radius 1 is 0.980 bits per heavy atom. The number of nitrogens with one attached hydrogen (secondary N) is 2. The molecule has 0 radical (unpaired) electrons. The highest BCUT2D eigenvalue weighted by Gasteiger charge is 2.61. The molecule has 1 saturated carbocycles. The number of benzene rings is 2. The van der Waals surface area contributed by atoms with Crippen LogP contribution in [0.2, 0.25) is 0 Å². The highest BCUT2D eigenvalue weighted by Crippen LogP contribution is 2.45. The number of carbonyl (C=O) groups excluding carboxylic acids is 3. The normalized spacial score (nSPS) is 26.1. The molecule has 3 aliphatic rings. The van der Waals surface area contributed by atoms with E-state index in [2.05, 4.69) is 15.7 Å². The van der Waals surface area contributed by atoms with E-state index < -0.39 is 53.1 Å². The van der Waals surface area contributed by atoms with Crippen molar-refractivity contribution >= 4 is 23.9 Å². The van der Waals surface area contributed by atoms with E-state index >= 15 is 0 Å². The highest BCUT2D eigenvalue weighted by molar-refractivity contribution is 5.96. The molecule has 1 aromatic heterocycles. The molecule has 1 aliphatic carbocycles. The predicted octanol–water partition coefficient (Wildman–Crippen LogP) is 5.09. The van der Waals surface area contributed by atoms with Crippen LogP contribution < -0.4 is 16.2 Å². The summed E-state index contributed by atoms with van der Waals surface area (Å²) in [5, 5.41) is 20.3. The van der Waals surface area contributed by atoms with Crippen LogP contribution in [0.5, 0.6) is 0 Å². The molecule has 1 saturated heterocycles. The van der Waals surface area contributed by atoms with Crippen molar-refractivity contribution in [1.29, 1.82) is 0 Å². The van der Waals surface area contributed by atoms with E-state index in [1.807, 2.05) is 72.8 Å². The number of ether oxygens (including phenoxy) is 1. The molecule has 12 heteroatoms. The molecular formula is C39H45N5O7. The fourth-order valence-corrected chi connectivity index (χ4v) is 7.15. The Morgan fingerprint density at radius 2 is 1.67 bits per heavy atom. The SMILES string of the molecule is CC(C)(C)OC(=O)N[C@H]1CCCCC/C=C\[C@@H]2C[C@@]2(C(=O)O)NC(=O)[C@@H]2C[C@@H](n3ncc(-c4ccccc4)c(-c4ccccc4)c3=O)CN2C1=O. The second-order valence-corrected chi connectivity index (χ2v) is 14.7. The van der Waals surface area contributed by atoms with E-state index in [-0.39, 0.29) is 30.9 Å². The number of aliphatic carboxylic acids is 1. The van der Waals surface area contributed by atoms with Gasteiger partial charge in [0.15, 0.2) is 0 Å². The van der Waals surface area contributed by atoms with Gasteiger partial charge in [0.05, 0.1) is 17.8 Å². The molecule has 2 fully saturated rings. The van der Waals surface area contributed by atoms with E-state index in [1.54, 1.807) is 27.0 Å². The Morgan fingerprint density at radius 3 is 2.33 bits per heavy atom. The first-order valence-corrected chi connectivity index (χ1v) is 17.6. The van der Waals surface area contributed by atoms with Crippen LogP contribution in [-0.4, -0.2) is 73.4 Å². The molecule has 51 heavy (non-hydrogen) atoms. The van der Waals surface area contributed by atoms with Gasteiger partial charge < -0.3 is 25.4 Å². The van der Waals surface area contributed by atoms with Crippen LogP contribution >= 0.6 is 0 Å². The third kappa shape index (κ3) is 7.74. The van der Waals surface area contributed by atoms with Gasteiger partial charge in [0.25, 0.3) is 5.56 Å². The molecule has 2 aliphatic heterocycles. The molecule has 5 atom stereocenters. The van der Waals surface area contributed by atoms with Gasteiger partial charge in [-0.2, -0.15) is 5.10 Å². The maximum atomic E-state index is 14.4. The van der Waals surface area contributed by atoms with Crippen LogP contribution in [-0.2, 0) is 19.1 Å². The maximum absolute atomic E-state index is 14.4. The number of amides is 3. The van der Waals surface area contributed by atoms with E-state index in [1.165, 1.54) is 9.58 Å². The van der Waals surface area contributed by atoms with Crippen LogP contribution in [0.15, 0.2) is 83.8 Å². The van der Waals surface area contributed by atoms with Crippen molar-refractivity contribution in [1.82, 2.24) is 25.3 Å². The molecular weight excluding hydrogens is 650 g/mol. The summed E-state index contributed by atoms with van der Waals surface area (Å²) in [6.45, 7) is 5.12. The number of carbonyl (C=O) groups is 4. The molecule has 0 spiro atoms. The summed E-state index contributed by atoms with van der Waals surface area (Å²) in [5.41, 5.74) is -0.104. The van der Waals surface area contributed by atoms with Gasteiger partial charge in [-0.1, -0.05) is 85.7 Å². The summed E-state index contributed by atoms with van der Waals surface area (Å²) in [7, 11) is 0. The Hall–Kier alpha value is -5.26. The van der Waals surface area contributed by atoms with Crippen molar-refractivity contribution in [3.63, 3.8) is 0 Å². The Balaban J connectivity index is 1.39. The first-order valence-electron chi connectivity index (χ1n) is 17.6. The van der Waals surface area contributed by atoms with Crippen LogP contribution in [0.4, 0.5) is 4.79 Å². The zero-order chi connectivity index (χ0) is 36.3. The molecule has 0 unspecified atom stereocenters. The molecule has 268 valence electrons. The minimum Gasteiger partial charge on any atom is -0.479 e. The number of hydrogen-bond donors (Lipinski definition) is 3. The van der Waals surface area contributed by atoms with Crippen LogP contribution in [0.3, 0.4) is 0 Å². The summed E-state index contributed by atoms with van der Waals surface area (Å²) < 4.78 is 6.81. The molecule has 3 aromatic rings. The third-order valence-electron chi connectivity index (χ3n) is 9.82. The number of alkyl carbamates (subject to hydrolysis) is 1. The fraction of sp³-hybridized carbons (Fsp3) is 0.436. The van der Waals surface area contributed by atoms with Gasteiger partial charge in [0.2, 0.25) is 11.8 Å². The van der Waals surface area contributed by atoms with Gasteiger partial charge in [-0.05, 0) is 57.6 Å². The first kappa shape index (κ1) is 35.6. The largest absolute Gasteiger partial charge is 0.479 e. The number of carboxylic acids is 1. The number of rotatable bonds is 5. The molecule has 3 heterocycles. The minimum absolute atomic E-state index is 0.0127. The first-order chi connectivity index (χ1) is 24.4. The lowest BCUT2D eigenvalue weighted by atomic mass is 9.97. The lowest BCUT2D eigenvalue weighted by Gasteiger charge is -2.30. The lowest BCUT2D eigenvalue weighted by molar-refractivity contribution is -0.145. The monoisotopic (exact) mass is 695 g/mol. The Kier molecular flexibility index (Phi) is 10.1. The van der Waals surface area contributed by atoms with Crippen molar-refractivity contribution in [3.05, 3.63) is 89.4 Å². The van der Waals surface area contributed by atoms with E-state index in [9.17, 15) is 29.1 Å². The van der Waals surface area contributed by atoms with Gasteiger partial charge in [-0.25, -0.2) is 14.3 Å². The number of allylic oxidation sites excluding steroid dienone is 1. The summed E-state index contributed by atoms with van der Waals surface area (Å²) in [6.07, 6.45) is 8.16. The molecule has 0 bridgehead atoms. The summed E-state index contributed by atoms with van der Waals surface area (Å²) in [5.74, 6) is -2.67. The minimum atomic E-state index is -1.48. The summed E-state index contributed by atoms with van der Waals surface area (Å²) in [6, 6.07) is 15.9. The summed E-state index contributed by atoms with van der Waals surface area (Å²) in [4.78, 5) is 69.8. The van der Waals surface area contributed by atoms with Crippen LogP contribution in [0, 0.1) is 5.92 Å². The van der Waals surface area contributed by atoms with E-state index in [4.69, 9.17) is 4.74 Å². The van der Waals surface area contributed by atoms with E-state index in [0.717, 1.165) is 24.8 Å². The molecule has 6 rings (SSSR count). The highest BCUT2D eigenvalue weighted by atomic mass is 16.6. The van der Waals surface area contributed by atoms with Crippen molar-refractivity contribution in [3.8, 4) is 22.3 Å². The smallest absolute Gasteiger partial charge is 0.408 e. The lowest BCUT2D eigenvalue weighted by Crippen LogP contribution is -2.56. The van der Waals surface area contributed by atoms with E-state index in [0.29, 0.717) is 29.5 Å². The molecule has 3 amide bonds. The van der Waals surface area contributed by atoms with Gasteiger partial charge in [0, 0.05) is 24.4 Å². The second kappa shape index (κ2) is 14.5. The molecule has 12 nitrogen and oxygen atoms in total. The van der Waals surface area contributed by atoms with Crippen molar-refractivity contribution in [2.24, 2.45) is 5.92 Å². The average molecular weight is 696 g/mol. The van der Waals surface area contributed by atoms with Gasteiger partial charge in [0.1, 0.15) is 23.2 Å². The predicted molar refractivity (Wildman–Crippen MR) is 191 cm³/mol. The maximum Gasteiger partial charge on any atom is 0.408 e. The summed E-state index contributed by atoms with van der Waals surface area (Å²) >= 11 is 0.